The molecule has 0 aliphatic carbocycles. The lowest BCUT2D eigenvalue weighted by Gasteiger charge is -2.10. The van der Waals surface area contributed by atoms with Gasteiger partial charge in [-0.25, -0.2) is 4.98 Å². The van der Waals surface area contributed by atoms with Gasteiger partial charge in [-0.2, -0.15) is 13.2 Å². The second kappa shape index (κ2) is 7.29. The molecule has 0 amide bonds. The molecule has 0 bridgehead atoms. The van der Waals surface area contributed by atoms with Gasteiger partial charge in [0.2, 0.25) is 0 Å². The monoisotopic (exact) mass is 344 g/mol. The molecule has 2 rings (SSSR count). The molecule has 23 heavy (non-hydrogen) atoms. The number of rotatable bonds is 6. The Kier molecular flexibility index (Phi) is 5.61. The number of halogens is 3. The van der Waals surface area contributed by atoms with Gasteiger partial charge in [-0.1, -0.05) is 12.1 Å². The lowest BCUT2D eigenvalue weighted by Crippen LogP contribution is -2.26. The van der Waals surface area contributed by atoms with Gasteiger partial charge in [-0.15, -0.1) is 11.3 Å². The number of nitrogens with one attached hydrogen (secondary N) is 1. The summed E-state index contributed by atoms with van der Waals surface area (Å²) in [5, 5.41) is 3.69. The van der Waals surface area contributed by atoms with Gasteiger partial charge in [0, 0.05) is 30.1 Å². The van der Waals surface area contributed by atoms with E-state index in [2.05, 4.69) is 15.2 Å². The molecule has 0 atom stereocenters. The fourth-order valence-corrected chi connectivity index (χ4v) is 2.86. The van der Waals surface area contributed by atoms with Crippen molar-refractivity contribution in [3.63, 3.8) is 0 Å². The SMILES string of the molecule is CN(C)CCNCc1sc(N)nc1-c1ccc(C(F)(F)F)cc1. The molecular weight excluding hydrogens is 325 g/mol. The van der Waals surface area contributed by atoms with Gasteiger partial charge in [0.05, 0.1) is 11.3 Å². The Morgan fingerprint density at radius 2 is 1.87 bits per heavy atom. The zero-order valence-electron chi connectivity index (χ0n) is 12.9. The first-order chi connectivity index (χ1) is 10.8. The van der Waals surface area contributed by atoms with Crippen molar-refractivity contribution in [3.05, 3.63) is 34.7 Å². The molecule has 0 saturated carbocycles. The Morgan fingerprint density at radius 1 is 1.22 bits per heavy atom. The largest absolute Gasteiger partial charge is 0.416 e. The summed E-state index contributed by atoms with van der Waals surface area (Å²) < 4.78 is 37.9. The van der Waals surface area contributed by atoms with Crippen LogP contribution in [0.2, 0.25) is 0 Å². The molecule has 2 aromatic rings. The summed E-state index contributed by atoms with van der Waals surface area (Å²) >= 11 is 1.35. The van der Waals surface area contributed by atoms with E-state index in [1.165, 1.54) is 23.5 Å². The van der Waals surface area contributed by atoms with E-state index in [1.807, 2.05) is 14.1 Å². The van der Waals surface area contributed by atoms with E-state index in [0.717, 1.165) is 30.1 Å². The van der Waals surface area contributed by atoms with Crippen LogP contribution in [0.3, 0.4) is 0 Å². The van der Waals surface area contributed by atoms with Crippen LogP contribution >= 0.6 is 11.3 Å². The minimum atomic E-state index is -4.34. The predicted octanol–water partition coefficient (Wildman–Crippen LogP) is 3.06. The molecule has 0 fully saturated rings. The van der Waals surface area contributed by atoms with Gasteiger partial charge in [-0.05, 0) is 26.2 Å². The molecule has 1 aromatic carbocycles. The van der Waals surface area contributed by atoms with Gasteiger partial charge in [0.15, 0.2) is 5.13 Å². The number of nitrogen functional groups attached to an aromatic ring is 1. The number of hydrogen-bond donors (Lipinski definition) is 2. The van der Waals surface area contributed by atoms with Crippen LogP contribution in [0.15, 0.2) is 24.3 Å². The summed E-state index contributed by atoms with van der Waals surface area (Å²) in [6, 6.07) is 4.99. The predicted molar refractivity (Wildman–Crippen MR) is 87.2 cm³/mol. The zero-order valence-corrected chi connectivity index (χ0v) is 13.8. The first-order valence-corrected chi connectivity index (χ1v) is 7.87. The molecular formula is C15H19F3N4S. The Hall–Kier alpha value is -1.64. The first-order valence-electron chi connectivity index (χ1n) is 7.05. The highest BCUT2D eigenvalue weighted by atomic mass is 32.1. The third-order valence-electron chi connectivity index (χ3n) is 3.22. The summed E-state index contributed by atoms with van der Waals surface area (Å²) in [5.74, 6) is 0. The topological polar surface area (TPSA) is 54.2 Å². The molecule has 1 aromatic heterocycles. The summed E-state index contributed by atoms with van der Waals surface area (Å²) in [5.41, 5.74) is 6.36. The van der Waals surface area contributed by atoms with E-state index >= 15 is 0 Å². The lowest BCUT2D eigenvalue weighted by atomic mass is 10.1. The molecule has 0 saturated heterocycles. The number of aromatic nitrogens is 1. The minimum absolute atomic E-state index is 0.407. The molecule has 3 N–H and O–H groups in total. The second-order valence-electron chi connectivity index (χ2n) is 5.38. The maximum absolute atomic E-state index is 12.6. The van der Waals surface area contributed by atoms with Gasteiger partial charge < -0.3 is 16.0 Å². The Balaban J connectivity index is 2.13. The lowest BCUT2D eigenvalue weighted by molar-refractivity contribution is -0.137. The van der Waals surface area contributed by atoms with Crippen molar-refractivity contribution in [1.29, 1.82) is 0 Å². The molecule has 0 aliphatic rings. The number of likely N-dealkylation sites (N-methyl/N-ethyl adjacent to an activating group) is 1. The Labute approximate surface area is 137 Å². The summed E-state index contributed by atoms with van der Waals surface area (Å²) in [6.45, 7) is 2.28. The standard InChI is InChI=1S/C15H19F3N4S/c1-22(2)8-7-20-9-12-13(21-14(19)23-12)10-3-5-11(6-4-10)15(16,17)18/h3-6,20H,7-9H2,1-2H3,(H2,19,21). The molecule has 126 valence electrons. The zero-order chi connectivity index (χ0) is 17.0. The fourth-order valence-electron chi connectivity index (χ4n) is 2.04. The highest BCUT2D eigenvalue weighted by molar-refractivity contribution is 7.15. The van der Waals surface area contributed by atoms with Crippen molar-refractivity contribution in [1.82, 2.24) is 15.2 Å². The number of hydrogen-bond acceptors (Lipinski definition) is 5. The van der Waals surface area contributed by atoms with Crippen molar-refractivity contribution in [2.24, 2.45) is 0 Å². The van der Waals surface area contributed by atoms with Gasteiger partial charge in [-0.3, -0.25) is 0 Å². The second-order valence-corrected chi connectivity index (χ2v) is 6.49. The molecule has 0 spiro atoms. The van der Waals surface area contributed by atoms with Crippen molar-refractivity contribution >= 4 is 16.5 Å². The fraction of sp³-hybridized carbons (Fsp3) is 0.400. The van der Waals surface area contributed by atoms with Crippen molar-refractivity contribution in [3.8, 4) is 11.3 Å². The number of nitrogens with zero attached hydrogens (tertiary/aromatic N) is 2. The molecule has 0 aliphatic heterocycles. The van der Waals surface area contributed by atoms with Gasteiger partial charge in [0.25, 0.3) is 0 Å². The third kappa shape index (κ3) is 4.92. The summed E-state index contributed by atoms with van der Waals surface area (Å²) in [7, 11) is 3.97. The van der Waals surface area contributed by atoms with Crippen LogP contribution in [-0.4, -0.2) is 37.1 Å². The normalized spacial score (nSPS) is 12.1. The highest BCUT2D eigenvalue weighted by Gasteiger charge is 2.30. The van der Waals surface area contributed by atoms with Crippen molar-refractivity contribution in [2.75, 3.05) is 32.9 Å². The maximum atomic E-state index is 12.6. The molecule has 0 radical (unpaired) electrons. The van der Waals surface area contributed by atoms with Crippen LogP contribution in [0.25, 0.3) is 11.3 Å². The van der Waals surface area contributed by atoms with E-state index in [4.69, 9.17) is 5.73 Å². The van der Waals surface area contributed by atoms with Gasteiger partial charge in [0.1, 0.15) is 0 Å². The Morgan fingerprint density at radius 3 is 2.43 bits per heavy atom. The number of thiazole rings is 1. The minimum Gasteiger partial charge on any atom is -0.375 e. The van der Waals surface area contributed by atoms with E-state index in [-0.39, 0.29) is 0 Å². The Bertz CT molecular complexity index is 635. The highest BCUT2D eigenvalue weighted by Crippen LogP contribution is 2.33. The van der Waals surface area contributed by atoms with Crippen LogP contribution in [-0.2, 0) is 12.7 Å². The number of alkyl halides is 3. The van der Waals surface area contributed by atoms with Crippen LogP contribution < -0.4 is 11.1 Å². The van der Waals surface area contributed by atoms with Crippen LogP contribution in [0.5, 0.6) is 0 Å². The van der Waals surface area contributed by atoms with Crippen molar-refractivity contribution < 1.29 is 13.2 Å². The first kappa shape index (κ1) is 17.7. The molecule has 8 heteroatoms. The average molecular weight is 344 g/mol. The quantitative estimate of drug-likeness (QED) is 0.791. The molecule has 0 unspecified atom stereocenters. The van der Waals surface area contributed by atoms with Crippen LogP contribution in [0.4, 0.5) is 18.3 Å². The van der Waals surface area contributed by atoms with Crippen molar-refractivity contribution in [2.45, 2.75) is 12.7 Å². The van der Waals surface area contributed by atoms with Crippen LogP contribution in [0.1, 0.15) is 10.4 Å². The number of benzene rings is 1. The van der Waals surface area contributed by atoms with Crippen LogP contribution in [0, 0.1) is 0 Å². The maximum Gasteiger partial charge on any atom is 0.416 e. The third-order valence-corrected chi connectivity index (χ3v) is 4.11. The number of anilines is 1. The summed E-state index contributed by atoms with van der Waals surface area (Å²) in [4.78, 5) is 7.23. The van der Waals surface area contributed by atoms with E-state index in [0.29, 0.717) is 22.9 Å². The average Bonchev–Trinajstić information content (AvgIpc) is 2.84. The number of nitrogens with two attached hydrogens (primary N) is 1. The van der Waals surface area contributed by atoms with E-state index in [1.54, 1.807) is 0 Å². The van der Waals surface area contributed by atoms with E-state index in [9.17, 15) is 13.2 Å². The molecule has 1 heterocycles. The van der Waals surface area contributed by atoms with E-state index < -0.39 is 11.7 Å². The van der Waals surface area contributed by atoms with Gasteiger partial charge >= 0.3 is 6.18 Å². The molecule has 4 nitrogen and oxygen atoms in total. The smallest absolute Gasteiger partial charge is 0.375 e. The summed E-state index contributed by atoms with van der Waals surface area (Å²) in [6.07, 6.45) is -4.34.